The Morgan fingerprint density at radius 2 is 1.91 bits per heavy atom. The Morgan fingerprint density at radius 3 is 2.73 bits per heavy atom. The lowest BCUT2D eigenvalue weighted by Crippen LogP contribution is -2.46. The highest BCUT2D eigenvalue weighted by atomic mass is 35.5. The van der Waals surface area contributed by atoms with Gasteiger partial charge in [-0.05, 0) is 51.4 Å². The number of nitrogens with zero attached hydrogens (tertiary/aromatic N) is 1. The van der Waals surface area contributed by atoms with Gasteiger partial charge in [-0.3, -0.25) is 4.79 Å². The van der Waals surface area contributed by atoms with Crippen molar-refractivity contribution < 1.29 is 9.53 Å². The number of alkyl halides is 2. The van der Waals surface area contributed by atoms with Crippen molar-refractivity contribution >= 4 is 29.1 Å². The summed E-state index contributed by atoms with van der Waals surface area (Å²) in [5, 5.41) is 0.100. The van der Waals surface area contributed by atoms with Gasteiger partial charge < -0.3 is 9.64 Å². The van der Waals surface area contributed by atoms with Crippen LogP contribution in [0.15, 0.2) is 0 Å². The SMILES string of the molecule is CC(OC1CC(Cl)CCC1Cl)C(=O)N1CCC2CCCCC21. The first-order chi connectivity index (χ1) is 10.6. The standard InChI is InChI=1S/C17H27Cl2NO2/c1-11(22-16-10-13(18)6-7-14(16)19)17(21)20-9-8-12-4-2-3-5-15(12)20/h11-16H,2-10H2,1H3. The van der Waals surface area contributed by atoms with Crippen LogP contribution in [0.25, 0.3) is 0 Å². The molecule has 6 atom stereocenters. The molecule has 1 saturated heterocycles. The van der Waals surface area contributed by atoms with Crippen molar-refractivity contribution in [1.82, 2.24) is 4.90 Å². The van der Waals surface area contributed by atoms with Crippen LogP contribution in [0.2, 0.25) is 0 Å². The van der Waals surface area contributed by atoms with Gasteiger partial charge in [0.1, 0.15) is 6.10 Å². The minimum atomic E-state index is -0.408. The first kappa shape index (κ1) is 16.9. The summed E-state index contributed by atoms with van der Waals surface area (Å²) in [5.74, 6) is 0.863. The number of rotatable bonds is 3. The molecule has 0 aromatic heterocycles. The fraction of sp³-hybridized carbons (Fsp3) is 0.941. The molecule has 1 aliphatic heterocycles. The van der Waals surface area contributed by atoms with Crippen LogP contribution in [-0.4, -0.2) is 46.4 Å². The first-order valence-corrected chi connectivity index (χ1v) is 9.67. The molecule has 1 heterocycles. The van der Waals surface area contributed by atoms with E-state index in [2.05, 4.69) is 4.90 Å². The van der Waals surface area contributed by atoms with E-state index in [0.29, 0.717) is 12.0 Å². The molecule has 5 heteroatoms. The smallest absolute Gasteiger partial charge is 0.251 e. The van der Waals surface area contributed by atoms with Crippen LogP contribution in [-0.2, 0) is 9.53 Å². The van der Waals surface area contributed by atoms with Gasteiger partial charge in [-0.2, -0.15) is 0 Å². The Bertz CT molecular complexity index is 406. The summed E-state index contributed by atoms with van der Waals surface area (Å²) in [6.45, 7) is 2.77. The van der Waals surface area contributed by atoms with Gasteiger partial charge >= 0.3 is 0 Å². The maximum Gasteiger partial charge on any atom is 0.251 e. The molecule has 2 saturated carbocycles. The molecule has 0 aromatic carbocycles. The van der Waals surface area contributed by atoms with Crippen LogP contribution >= 0.6 is 23.2 Å². The molecule has 3 aliphatic rings. The summed E-state index contributed by atoms with van der Waals surface area (Å²) in [7, 11) is 0. The average Bonchev–Trinajstić information content (AvgIpc) is 2.94. The normalized spacial score (nSPS) is 40.3. The van der Waals surface area contributed by atoms with Crippen LogP contribution in [0.1, 0.15) is 58.3 Å². The van der Waals surface area contributed by atoms with E-state index >= 15 is 0 Å². The molecule has 3 nitrogen and oxygen atoms in total. The van der Waals surface area contributed by atoms with E-state index in [1.165, 1.54) is 19.3 Å². The highest BCUT2D eigenvalue weighted by Crippen LogP contribution is 2.37. The minimum absolute atomic E-state index is 0.0220. The van der Waals surface area contributed by atoms with Gasteiger partial charge in [0, 0.05) is 18.0 Å². The van der Waals surface area contributed by atoms with Gasteiger partial charge in [0.25, 0.3) is 5.91 Å². The molecule has 3 rings (SSSR count). The third-order valence-corrected chi connectivity index (χ3v) is 6.56. The number of amides is 1. The zero-order chi connectivity index (χ0) is 15.7. The number of likely N-dealkylation sites (tertiary alicyclic amines) is 1. The molecule has 6 unspecified atom stereocenters. The van der Waals surface area contributed by atoms with Gasteiger partial charge in [-0.15, -0.1) is 23.2 Å². The third kappa shape index (κ3) is 3.57. The molecular formula is C17H27Cl2NO2. The number of hydrogen-bond acceptors (Lipinski definition) is 2. The number of carbonyl (C=O) groups is 1. The third-order valence-electron chi connectivity index (χ3n) is 5.67. The summed E-state index contributed by atoms with van der Waals surface area (Å²) >= 11 is 12.6. The Balaban J connectivity index is 1.57. The summed E-state index contributed by atoms with van der Waals surface area (Å²) < 4.78 is 6.02. The predicted molar refractivity (Wildman–Crippen MR) is 89.5 cm³/mol. The molecule has 0 radical (unpaired) electrons. The predicted octanol–water partition coefficient (Wildman–Crippen LogP) is 3.95. The summed E-state index contributed by atoms with van der Waals surface area (Å²) in [6, 6.07) is 0.450. The quantitative estimate of drug-likeness (QED) is 0.723. The van der Waals surface area contributed by atoms with Crippen molar-refractivity contribution in [2.24, 2.45) is 5.92 Å². The van der Waals surface area contributed by atoms with Crippen molar-refractivity contribution in [3.8, 4) is 0 Å². The molecule has 1 amide bonds. The molecule has 2 aliphatic carbocycles. The van der Waals surface area contributed by atoms with Crippen LogP contribution < -0.4 is 0 Å². The summed E-state index contributed by atoms with van der Waals surface area (Å²) in [4.78, 5) is 14.9. The maximum atomic E-state index is 12.8. The fourth-order valence-electron chi connectivity index (χ4n) is 4.42. The van der Waals surface area contributed by atoms with Crippen molar-refractivity contribution in [2.45, 2.75) is 87.3 Å². The minimum Gasteiger partial charge on any atom is -0.364 e. The van der Waals surface area contributed by atoms with Gasteiger partial charge in [-0.25, -0.2) is 0 Å². The second-order valence-corrected chi connectivity index (χ2v) is 8.35. The lowest BCUT2D eigenvalue weighted by atomic mass is 9.85. The van der Waals surface area contributed by atoms with E-state index in [1.54, 1.807) is 0 Å². The number of halogens is 2. The van der Waals surface area contributed by atoms with Crippen molar-refractivity contribution in [2.75, 3.05) is 6.54 Å². The van der Waals surface area contributed by atoms with E-state index < -0.39 is 6.10 Å². The average molecular weight is 348 g/mol. The molecule has 126 valence electrons. The van der Waals surface area contributed by atoms with E-state index in [1.807, 2.05) is 6.92 Å². The molecule has 22 heavy (non-hydrogen) atoms. The van der Waals surface area contributed by atoms with Gasteiger partial charge in [0.2, 0.25) is 0 Å². The van der Waals surface area contributed by atoms with E-state index in [4.69, 9.17) is 27.9 Å². The topological polar surface area (TPSA) is 29.5 Å². The van der Waals surface area contributed by atoms with Crippen LogP contribution in [0.5, 0.6) is 0 Å². The Labute approximate surface area is 143 Å². The number of fused-ring (bicyclic) bond motifs is 1. The number of carbonyl (C=O) groups excluding carboxylic acids is 1. The first-order valence-electron chi connectivity index (χ1n) is 8.80. The van der Waals surface area contributed by atoms with Crippen LogP contribution in [0.4, 0.5) is 0 Å². The summed E-state index contributed by atoms with van der Waals surface area (Å²) in [5.41, 5.74) is 0. The van der Waals surface area contributed by atoms with Gasteiger partial charge in [0.05, 0.1) is 11.5 Å². The second kappa shape index (κ2) is 7.27. The maximum absolute atomic E-state index is 12.8. The van der Waals surface area contributed by atoms with Gasteiger partial charge in [0.15, 0.2) is 0 Å². The monoisotopic (exact) mass is 347 g/mol. The van der Waals surface area contributed by atoms with E-state index in [0.717, 1.165) is 38.6 Å². The molecule has 0 bridgehead atoms. The molecule has 3 fully saturated rings. The van der Waals surface area contributed by atoms with Crippen LogP contribution in [0.3, 0.4) is 0 Å². The zero-order valence-corrected chi connectivity index (χ0v) is 14.9. The van der Waals surface area contributed by atoms with Crippen LogP contribution in [0, 0.1) is 5.92 Å². The largest absolute Gasteiger partial charge is 0.364 e. The number of hydrogen-bond donors (Lipinski definition) is 0. The number of ether oxygens (including phenoxy) is 1. The van der Waals surface area contributed by atoms with Crippen molar-refractivity contribution in [3.63, 3.8) is 0 Å². The Kier molecular flexibility index (Phi) is 5.57. The molecular weight excluding hydrogens is 321 g/mol. The molecule has 0 spiro atoms. The highest BCUT2D eigenvalue weighted by molar-refractivity contribution is 6.22. The lowest BCUT2D eigenvalue weighted by Gasteiger charge is -2.35. The van der Waals surface area contributed by atoms with Crippen molar-refractivity contribution in [1.29, 1.82) is 0 Å². The van der Waals surface area contributed by atoms with E-state index in [9.17, 15) is 4.79 Å². The Hall–Kier alpha value is 0.01000. The Morgan fingerprint density at radius 1 is 1.14 bits per heavy atom. The second-order valence-electron chi connectivity index (χ2n) is 7.18. The van der Waals surface area contributed by atoms with E-state index in [-0.39, 0.29) is 22.8 Å². The fourth-order valence-corrected chi connectivity index (χ4v) is 5.01. The molecule has 0 N–H and O–H groups in total. The van der Waals surface area contributed by atoms with Gasteiger partial charge in [-0.1, -0.05) is 12.8 Å². The van der Waals surface area contributed by atoms with Crippen molar-refractivity contribution in [3.05, 3.63) is 0 Å². The zero-order valence-electron chi connectivity index (χ0n) is 13.3. The summed E-state index contributed by atoms with van der Waals surface area (Å²) in [6.07, 6.45) is 8.23. The molecule has 0 aromatic rings. The lowest BCUT2D eigenvalue weighted by molar-refractivity contribution is -0.148. The highest BCUT2D eigenvalue weighted by Gasteiger charge is 2.40.